The van der Waals surface area contributed by atoms with E-state index in [2.05, 4.69) is 139 Å². The van der Waals surface area contributed by atoms with Gasteiger partial charge in [0.25, 0.3) is 0 Å². The number of ketones is 1. The Morgan fingerprint density at radius 3 is 1.14 bits per heavy atom. The van der Waals surface area contributed by atoms with Crippen LogP contribution in [0.15, 0.2) is 213 Å². The second-order valence-corrected chi connectivity index (χ2v) is 17.6. The van der Waals surface area contributed by atoms with Crippen molar-refractivity contribution >= 4 is 5.78 Å². The number of imidazole rings is 2. The van der Waals surface area contributed by atoms with Crippen LogP contribution in [0.25, 0.3) is 0 Å². The number of pyridine rings is 1. The van der Waals surface area contributed by atoms with Crippen LogP contribution in [-0.2, 0) is 29.5 Å². The van der Waals surface area contributed by atoms with Gasteiger partial charge in [-0.25, -0.2) is 9.97 Å². The van der Waals surface area contributed by atoms with E-state index in [0.29, 0.717) is 11.4 Å². The lowest BCUT2D eigenvalue weighted by molar-refractivity contribution is 0.0733. The number of hydrogen-bond donors (Lipinski definition) is 1. The van der Waals surface area contributed by atoms with E-state index in [1.54, 1.807) is 27.1 Å². The molecule has 0 fully saturated rings. The van der Waals surface area contributed by atoms with Crippen LogP contribution in [0.2, 0.25) is 0 Å². The van der Waals surface area contributed by atoms with Crippen LogP contribution in [0.1, 0.15) is 120 Å². The van der Waals surface area contributed by atoms with Gasteiger partial charge in [-0.2, -0.15) is 0 Å². The summed E-state index contributed by atoms with van der Waals surface area (Å²) in [6.07, 6.45) is 10.6. The van der Waals surface area contributed by atoms with Gasteiger partial charge in [0, 0.05) is 30.2 Å². The van der Waals surface area contributed by atoms with Gasteiger partial charge in [-0.1, -0.05) is 202 Å². The number of benzene rings is 6. The first-order valence-electron chi connectivity index (χ1n) is 24.2. The first-order chi connectivity index (χ1) is 33.6. The van der Waals surface area contributed by atoms with Crippen LogP contribution in [0.5, 0.6) is 0 Å². The highest BCUT2D eigenvalue weighted by atomic mass is 16.3. The van der Waals surface area contributed by atoms with Crippen molar-refractivity contribution in [2.24, 2.45) is 0 Å². The molecule has 0 aliphatic heterocycles. The minimum atomic E-state index is -1.02. The van der Waals surface area contributed by atoms with Crippen molar-refractivity contribution in [1.29, 1.82) is 0 Å². The monoisotopic (exact) mass is 912 g/mol. The highest BCUT2D eigenvalue weighted by Gasteiger charge is 2.42. The van der Waals surface area contributed by atoms with Crippen molar-refractivity contribution in [3.05, 3.63) is 280 Å². The Morgan fingerprint density at radius 2 is 0.826 bits per heavy atom. The highest BCUT2D eigenvalue weighted by molar-refractivity contribution is 5.93. The van der Waals surface area contributed by atoms with Gasteiger partial charge in [-0.05, 0) is 98.4 Å². The molecular formula is C62H65N5O2. The SMILES string of the molecule is CC.CC(=O)c1ncn(C(c2ccccc2)(c2ccccc2)c2ccccc2)c1C.Cc1c(C(C)(C)O)ncn1C(c1ccccc1)(c1ccccc1)c1ccccc1.c1cnc2c(c1)CCCC2. The molecule has 0 radical (unpaired) electrons. The molecule has 1 aliphatic carbocycles. The number of carbonyl (C=O) groups excluding carboxylic acids is 1. The molecule has 3 heterocycles. The van der Waals surface area contributed by atoms with Gasteiger partial charge in [0.15, 0.2) is 5.78 Å². The van der Waals surface area contributed by atoms with Crippen LogP contribution in [0.4, 0.5) is 0 Å². The average molecular weight is 912 g/mol. The van der Waals surface area contributed by atoms with E-state index in [1.807, 2.05) is 119 Å². The van der Waals surface area contributed by atoms with Crippen LogP contribution in [0.3, 0.4) is 0 Å². The third-order valence-corrected chi connectivity index (χ3v) is 12.9. The van der Waals surface area contributed by atoms with Crippen LogP contribution < -0.4 is 0 Å². The normalized spacial score (nSPS) is 12.2. The van der Waals surface area contributed by atoms with Crippen molar-refractivity contribution in [1.82, 2.24) is 24.1 Å². The minimum absolute atomic E-state index is 0.0284. The summed E-state index contributed by atoms with van der Waals surface area (Å²) < 4.78 is 4.32. The van der Waals surface area contributed by atoms with Gasteiger partial charge >= 0.3 is 0 Å². The second-order valence-electron chi connectivity index (χ2n) is 17.6. The fourth-order valence-corrected chi connectivity index (χ4v) is 9.88. The molecule has 1 N–H and O–H groups in total. The molecule has 3 aromatic heterocycles. The average Bonchev–Trinajstić information content (AvgIpc) is 4.00. The maximum absolute atomic E-state index is 12.1. The number of rotatable bonds is 10. The van der Waals surface area contributed by atoms with Crippen molar-refractivity contribution < 1.29 is 9.90 Å². The molecule has 6 aromatic carbocycles. The van der Waals surface area contributed by atoms with E-state index < -0.39 is 16.7 Å². The molecule has 69 heavy (non-hydrogen) atoms. The van der Waals surface area contributed by atoms with E-state index in [9.17, 15) is 9.90 Å². The van der Waals surface area contributed by atoms with Gasteiger partial charge in [-0.3, -0.25) is 9.78 Å². The van der Waals surface area contributed by atoms with Crippen molar-refractivity contribution in [3.63, 3.8) is 0 Å². The number of Topliss-reactive ketones (excluding diaryl/α,β-unsaturated/α-hetero) is 1. The first-order valence-corrected chi connectivity index (χ1v) is 24.2. The molecule has 0 spiro atoms. The lowest BCUT2D eigenvalue weighted by Crippen LogP contribution is -2.38. The highest BCUT2D eigenvalue weighted by Crippen LogP contribution is 2.44. The van der Waals surface area contributed by atoms with Crippen molar-refractivity contribution in [2.75, 3.05) is 0 Å². The maximum atomic E-state index is 12.1. The van der Waals surface area contributed by atoms with Crippen molar-refractivity contribution in [2.45, 2.75) is 90.8 Å². The topological polar surface area (TPSA) is 85.8 Å². The third-order valence-electron chi connectivity index (χ3n) is 12.9. The Labute approximate surface area is 409 Å². The van der Waals surface area contributed by atoms with Crippen LogP contribution >= 0.6 is 0 Å². The number of fused-ring (bicyclic) bond motifs is 1. The molecule has 10 rings (SSSR count). The maximum Gasteiger partial charge on any atom is 0.179 e. The molecular weight excluding hydrogens is 847 g/mol. The summed E-state index contributed by atoms with van der Waals surface area (Å²) in [5.74, 6) is -0.0284. The van der Waals surface area contributed by atoms with Gasteiger partial charge in [0.2, 0.25) is 0 Å². The summed E-state index contributed by atoms with van der Waals surface area (Å²) in [6.45, 7) is 13.1. The molecule has 0 amide bonds. The second kappa shape index (κ2) is 22.5. The number of aliphatic hydroxyl groups is 1. The molecule has 0 atom stereocenters. The standard InChI is InChI=1S/C26H26N2O.C25H22N2O.C9H11N.C2H6/c1-20-24(25(2,3)29)27-19-28(20)26(21-13-7-4-8-14-21,22-15-9-5-10-16-22)23-17-11-6-12-18-23;1-19-24(20(2)28)26-18-27(19)25(21-12-6-3-7-13-21,22-14-8-4-9-15-22)23-16-10-5-11-17-23;1-2-6-9-8(4-1)5-3-7-10-9;1-2/h4-19,29H,1-3H3;3-18H,1-2H3;3,5,7H,1-2,4,6H2;1-2H3. The fraction of sp³-hybridized carbons (Fsp3) is 0.226. The van der Waals surface area contributed by atoms with E-state index in [4.69, 9.17) is 0 Å². The predicted molar refractivity (Wildman–Crippen MR) is 281 cm³/mol. The quantitative estimate of drug-likeness (QED) is 0.109. The fourth-order valence-electron chi connectivity index (χ4n) is 9.88. The molecule has 0 saturated carbocycles. The van der Waals surface area contributed by atoms with E-state index in [1.165, 1.54) is 36.9 Å². The summed E-state index contributed by atoms with van der Waals surface area (Å²) in [6, 6.07) is 66.8. The summed E-state index contributed by atoms with van der Waals surface area (Å²) in [5, 5.41) is 10.7. The van der Waals surface area contributed by atoms with E-state index in [0.717, 1.165) is 44.8 Å². The van der Waals surface area contributed by atoms with E-state index in [-0.39, 0.29) is 5.78 Å². The Bertz CT molecular complexity index is 2760. The van der Waals surface area contributed by atoms with Crippen molar-refractivity contribution in [3.8, 4) is 0 Å². The zero-order valence-electron chi connectivity index (χ0n) is 41.1. The van der Waals surface area contributed by atoms with Gasteiger partial charge in [0.05, 0.1) is 18.3 Å². The van der Waals surface area contributed by atoms with Gasteiger partial charge < -0.3 is 14.2 Å². The molecule has 0 bridgehead atoms. The van der Waals surface area contributed by atoms with Gasteiger partial charge in [0.1, 0.15) is 22.4 Å². The largest absolute Gasteiger partial charge is 0.384 e. The summed E-state index contributed by atoms with van der Waals surface area (Å²) >= 11 is 0. The Balaban J connectivity index is 0.000000165. The molecule has 1 aliphatic rings. The Hall–Kier alpha value is -7.48. The summed E-state index contributed by atoms with van der Waals surface area (Å²) in [5.41, 5.74) is 10.3. The van der Waals surface area contributed by atoms with E-state index >= 15 is 0 Å². The molecule has 7 heteroatoms. The lowest BCUT2D eigenvalue weighted by atomic mass is 9.76. The minimum Gasteiger partial charge on any atom is -0.384 e. The molecule has 7 nitrogen and oxygen atoms in total. The molecule has 9 aromatic rings. The predicted octanol–water partition coefficient (Wildman–Crippen LogP) is 13.5. The van der Waals surface area contributed by atoms with Crippen LogP contribution in [-0.4, -0.2) is 35.0 Å². The van der Waals surface area contributed by atoms with Gasteiger partial charge in [-0.15, -0.1) is 0 Å². The zero-order chi connectivity index (χ0) is 48.9. The zero-order valence-corrected chi connectivity index (χ0v) is 41.1. The third kappa shape index (κ3) is 10.2. The molecule has 350 valence electrons. The molecule has 0 unspecified atom stereocenters. The summed E-state index contributed by atoms with van der Waals surface area (Å²) in [4.78, 5) is 25.6. The Morgan fingerprint density at radius 1 is 0.478 bits per heavy atom. The number of nitrogens with zero attached hydrogens (tertiary/aromatic N) is 5. The number of aryl methyl sites for hydroxylation is 2. The van der Waals surface area contributed by atoms with Crippen LogP contribution in [0, 0.1) is 13.8 Å². The number of aromatic nitrogens is 5. The summed E-state index contributed by atoms with van der Waals surface area (Å²) in [7, 11) is 0. The first kappa shape index (κ1) is 49.4. The number of hydrogen-bond acceptors (Lipinski definition) is 5. The number of carbonyl (C=O) groups is 1. The lowest BCUT2D eigenvalue weighted by Gasteiger charge is -2.38. The smallest absolute Gasteiger partial charge is 0.179 e. The Kier molecular flexibility index (Phi) is 16.1. The molecule has 0 saturated heterocycles.